The molecule has 31 heavy (non-hydrogen) atoms. The lowest BCUT2D eigenvalue weighted by atomic mass is 10.1. The summed E-state index contributed by atoms with van der Waals surface area (Å²) >= 11 is 0. The van der Waals surface area contributed by atoms with E-state index in [0.717, 1.165) is 38.9 Å². The molecule has 0 spiro atoms. The Balaban J connectivity index is 1.84. The van der Waals surface area contributed by atoms with E-state index < -0.39 is 0 Å². The van der Waals surface area contributed by atoms with E-state index in [1.54, 1.807) is 0 Å². The van der Waals surface area contributed by atoms with Crippen molar-refractivity contribution < 1.29 is 0 Å². The Bertz CT molecular complexity index is 1080. The van der Waals surface area contributed by atoms with Gasteiger partial charge in [-0.15, -0.1) is 0 Å². The Morgan fingerprint density at radius 2 is 0.968 bits per heavy atom. The third-order valence-corrected chi connectivity index (χ3v) is 5.63. The maximum Gasteiger partial charge on any atom is 0.0542 e. The molecule has 0 saturated carbocycles. The maximum absolute atomic E-state index is 3.54. The van der Waals surface area contributed by atoms with Gasteiger partial charge in [0.25, 0.3) is 0 Å². The van der Waals surface area contributed by atoms with Gasteiger partial charge in [-0.05, 0) is 79.9 Å². The molecule has 1 aromatic heterocycles. The van der Waals surface area contributed by atoms with Crippen LogP contribution in [0.25, 0.3) is 27.5 Å². The number of hydrogen-bond acceptors (Lipinski definition) is 3. The zero-order chi connectivity index (χ0) is 21.6. The highest BCUT2D eigenvalue weighted by Gasteiger charge is 2.13. The van der Waals surface area contributed by atoms with Gasteiger partial charge in [0.15, 0.2) is 0 Å². The van der Waals surface area contributed by atoms with Gasteiger partial charge in [0.1, 0.15) is 0 Å². The molecule has 0 saturated heterocycles. The summed E-state index contributed by atoms with van der Waals surface area (Å²) in [5.74, 6) is 0. The number of nitrogens with one attached hydrogen (secondary N) is 3. The van der Waals surface area contributed by atoms with Crippen LogP contribution in [0.15, 0.2) is 60.7 Å². The van der Waals surface area contributed by atoms with Gasteiger partial charge in [-0.3, -0.25) is 0 Å². The zero-order valence-electron chi connectivity index (χ0n) is 19.0. The minimum Gasteiger partial charge on any atom is -0.385 e. The topological polar surface area (TPSA) is 41.0 Å². The van der Waals surface area contributed by atoms with Crippen LogP contribution in [0.3, 0.4) is 0 Å². The van der Waals surface area contributed by atoms with Gasteiger partial charge in [0.05, 0.1) is 11.0 Å². The molecule has 1 heterocycles. The number of benzene rings is 3. The number of fused-ring (bicyclic) bond motifs is 3. The lowest BCUT2D eigenvalue weighted by Gasteiger charge is -2.11. The van der Waals surface area contributed by atoms with Crippen LogP contribution in [0, 0.1) is 0 Å². The van der Waals surface area contributed by atoms with Crippen LogP contribution in [-0.2, 0) is 0 Å². The minimum atomic E-state index is 0.986. The minimum absolute atomic E-state index is 0.986. The van der Waals surface area contributed by atoms with Crippen molar-refractivity contribution in [2.45, 2.75) is 40.0 Å². The molecule has 162 valence electrons. The molecule has 4 heteroatoms. The molecule has 3 N–H and O–H groups in total. The second-order valence-corrected chi connectivity index (χ2v) is 8.13. The van der Waals surface area contributed by atoms with Crippen LogP contribution < -0.4 is 16.0 Å². The molecule has 0 unspecified atom stereocenters. The van der Waals surface area contributed by atoms with E-state index in [2.05, 4.69) is 102 Å². The molecule has 4 aromatic rings. The highest BCUT2D eigenvalue weighted by atomic mass is 15.0. The zero-order valence-corrected chi connectivity index (χ0v) is 19.0. The molecule has 4 rings (SSSR count). The van der Waals surface area contributed by atoms with Gasteiger partial charge in [0.2, 0.25) is 0 Å². The fourth-order valence-electron chi connectivity index (χ4n) is 4.06. The van der Waals surface area contributed by atoms with Crippen LogP contribution >= 0.6 is 0 Å². The van der Waals surface area contributed by atoms with Gasteiger partial charge in [0, 0.05) is 53.2 Å². The van der Waals surface area contributed by atoms with Gasteiger partial charge in [-0.2, -0.15) is 0 Å². The molecule has 0 aliphatic rings. The summed E-state index contributed by atoms with van der Waals surface area (Å²) < 4.78 is 2.38. The van der Waals surface area contributed by atoms with E-state index in [9.17, 15) is 0 Å². The molecular formula is C27H34N4. The molecule has 3 aromatic carbocycles. The lowest BCUT2D eigenvalue weighted by molar-refractivity contribution is 0.979. The van der Waals surface area contributed by atoms with Crippen LogP contribution in [0.1, 0.15) is 40.0 Å². The molecule has 0 aliphatic heterocycles. The molecule has 0 aliphatic carbocycles. The van der Waals surface area contributed by atoms with E-state index in [0.29, 0.717) is 0 Å². The highest BCUT2D eigenvalue weighted by molar-refractivity contribution is 6.11. The van der Waals surface area contributed by atoms with Crippen molar-refractivity contribution in [2.24, 2.45) is 0 Å². The fourth-order valence-corrected chi connectivity index (χ4v) is 4.06. The van der Waals surface area contributed by atoms with Gasteiger partial charge in [-0.1, -0.05) is 20.8 Å². The van der Waals surface area contributed by atoms with E-state index >= 15 is 0 Å². The van der Waals surface area contributed by atoms with Crippen molar-refractivity contribution >= 4 is 38.9 Å². The van der Waals surface area contributed by atoms with Crippen molar-refractivity contribution in [1.82, 2.24) is 4.57 Å². The van der Waals surface area contributed by atoms with E-state index in [1.807, 2.05) is 0 Å². The third kappa shape index (κ3) is 4.48. The molecule has 0 radical (unpaired) electrons. The molecule has 0 fully saturated rings. The Labute approximate surface area is 185 Å². The third-order valence-electron chi connectivity index (χ3n) is 5.63. The summed E-state index contributed by atoms with van der Waals surface area (Å²) in [6, 6.07) is 22.3. The normalized spacial score (nSPS) is 11.2. The number of nitrogens with zero attached hydrogens (tertiary/aromatic N) is 1. The Morgan fingerprint density at radius 3 is 1.42 bits per heavy atom. The number of anilines is 3. The fraction of sp³-hybridized carbons (Fsp3) is 0.333. The monoisotopic (exact) mass is 414 g/mol. The average Bonchev–Trinajstić information content (AvgIpc) is 3.13. The van der Waals surface area contributed by atoms with E-state index in [1.165, 1.54) is 44.6 Å². The van der Waals surface area contributed by atoms with Crippen molar-refractivity contribution in [3.8, 4) is 5.69 Å². The summed E-state index contributed by atoms with van der Waals surface area (Å²) in [6.45, 7) is 9.55. The second-order valence-electron chi connectivity index (χ2n) is 8.13. The van der Waals surface area contributed by atoms with Crippen LogP contribution in [0.4, 0.5) is 17.1 Å². The standard InChI is InChI=1S/C27H34N4/c1-4-15-28-20-7-11-23(12-8-20)31-26-13-9-21(29-16-5-2)18-24(26)25-19-22(30-17-6-3)10-14-27(25)31/h7-14,18-19,28-30H,4-6,15-17H2,1-3H3. The first-order valence-electron chi connectivity index (χ1n) is 11.7. The SMILES string of the molecule is CCCNc1ccc(-n2c3ccc(NCCC)cc3c3cc(NCCC)ccc32)cc1. The molecular weight excluding hydrogens is 380 g/mol. The summed E-state index contributed by atoms with van der Waals surface area (Å²) in [6.07, 6.45) is 3.35. The molecule has 0 atom stereocenters. The number of rotatable bonds is 10. The average molecular weight is 415 g/mol. The predicted molar refractivity (Wildman–Crippen MR) is 137 cm³/mol. The summed E-state index contributed by atoms with van der Waals surface area (Å²) in [5, 5.41) is 13.1. The Morgan fingerprint density at radius 1 is 0.548 bits per heavy atom. The Hall–Kier alpha value is -3.14. The van der Waals surface area contributed by atoms with Crippen LogP contribution in [0.5, 0.6) is 0 Å². The van der Waals surface area contributed by atoms with Gasteiger partial charge >= 0.3 is 0 Å². The lowest BCUT2D eigenvalue weighted by Crippen LogP contribution is -2.01. The summed E-state index contributed by atoms with van der Waals surface area (Å²) in [7, 11) is 0. The van der Waals surface area contributed by atoms with Crippen molar-refractivity contribution in [3.05, 3.63) is 60.7 Å². The van der Waals surface area contributed by atoms with Crippen molar-refractivity contribution in [1.29, 1.82) is 0 Å². The van der Waals surface area contributed by atoms with Gasteiger partial charge < -0.3 is 20.5 Å². The second kappa shape index (κ2) is 9.78. The largest absolute Gasteiger partial charge is 0.385 e. The first kappa shape index (κ1) is 21.1. The van der Waals surface area contributed by atoms with E-state index in [4.69, 9.17) is 0 Å². The first-order chi connectivity index (χ1) is 15.2. The highest BCUT2D eigenvalue weighted by Crippen LogP contribution is 2.35. The Kier molecular flexibility index (Phi) is 6.66. The molecule has 0 amide bonds. The summed E-state index contributed by atoms with van der Waals surface area (Å²) in [4.78, 5) is 0. The van der Waals surface area contributed by atoms with Crippen LogP contribution in [0.2, 0.25) is 0 Å². The smallest absolute Gasteiger partial charge is 0.0542 e. The van der Waals surface area contributed by atoms with E-state index in [-0.39, 0.29) is 0 Å². The maximum atomic E-state index is 3.54. The van der Waals surface area contributed by atoms with Crippen LogP contribution in [-0.4, -0.2) is 24.2 Å². The number of hydrogen-bond donors (Lipinski definition) is 3. The quantitative estimate of drug-likeness (QED) is 0.256. The van der Waals surface area contributed by atoms with Crippen molar-refractivity contribution in [2.75, 3.05) is 35.6 Å². The predicted octanol–water partition coefficient (Wildman–Crippen LogP) is 7.25. The van der Waals surface area contributed by atoms with Crippen molar-refractivity contribution in [3.63, 3.8) is 0 Å². The van der Waals surface area contributed by atoms with Gasteiger partial charge in [-0.25, -0.2) is 0 Å². The molecule has 0 bridgehead atoms. The first-order valence-corrected chi connectivity index (χ1v) is 11.7. The summed E-state index contributed by atoms with van der Waals surface area (Å²) in [5.41, 5.74) is 7.19. The number of aromatic nitrogens is 1. The molecule has 4 nitrogen and oxygen atoms in total.